The average molecular weight is 616 g/mol. The Labute approximate surface area is 260 Å². The Balaban J connectivity index is 1.58. The van der Waals surface area contributed by atoms with Gasteiger partial charge in [-0.3, -0.25) is 0 Å². The molecule has 2 N–H and O–H groups in total. The zero-order chi connectivity index (χ0) is 31.3. The van der Waals surface area contributed by atoms with E-state index in [-0.39, 0.29) is 17.5 Å². The Bertz CT molecular complexity index is 1480. The first-order valence-corrected chi connectivity index (χ1v) is 16.5. The zero-order valence-electron chi connectivity index (χ0n) is 25.5. The molecule has 0 aliphatic carbocycles. The molecular formula is C36H41NO6S. The second-order valence-corrected chi connectivity index (χ2v) is 13.6. The van der Waals surface area contributed by atoms with E-state index >= 15 is 0 Å². The number of aryl methyl sites for hydroxylation is 1. The normalized spacial score (nSPS) is 22.6. The standard InChI is InChI=1S/C36H41NO6S/c1-25(2)37-32-34(44(39,40)30-22-20-26(3)21-23-30)33(38)31(43-35(32)41-4)24-42-36(27-14-8-5-9-15-27,28-16-10-6-11-17-28)29-18-12-7-13-19-29/h5-23,25,31-35,37-38H,24H2,1-4H3/t31-,32-,33-,34-,35+/m1/s1. The summed E-state index contributed by atoms with van der Waals surface area (Å²) in [7, 11) is -2.56. The highest BCUT2D eigenvalue weighted by atomic mass is 32.2. The van der Waals surface area contributed by atoms with Gasteiger partial charge in [0.1, 0.15) is 23.1 Å². The molecular weight excluding hydrogens is 574 g/mol. The van der Waals surface area contributed by atoms with Crippen LogP contribution in [0.2, 0.25) is 0 Å². The summed E-state index contributed by atoms with van der Waals surface area (Å²) in [6, 6.07) is 35.3. The first kappa shape index (κ1) is 32.0. The molecule has 0 unspecified atom stereocenters. The van der Waals surface area contributed by atoms with Crippen molar-refractivity contribution in [3.63, 3.8) is 0 Å². The molecule has 0 radical (unpaired) electrons. The van der Waals surface area contributed by atoms with E-state index in [2.05, 4.69) is 5.32 Å². The predicted octanol–water partition coefficient (Wildman–Crippen LogP) is 5.24. The lowest BCUT2D eigenvalue weighted by molar-refractivity contribution is -0.240. The molecule has 8 heteroatoms. The highest BCUT2D eigenvalue weighted by molar-refractivity contribution is 7.92. The molecule has 44 heavy (non-hydrogen) atoms. The van der Waals surface area contributed by atoms with E-state index in [4.69, 9.17) is 14.2 Å². The number of methoxy groups -OCH3 is 1. The lowest BCUT2D eigenvalue weighted by atomic mass is 9.80. The van der Waals surface area contributed by atoms with Crippen molar-refractivity contribution in [1.29, 1.82) is 0 Å². The topological polar surface area (TPSA) is 94.1 Å². The Morgan fingerprint density at radius 2 is 1.30 bits per heavy atom. The molecule has 0 aromatic heterocycles. The van der Waals surface area contributed by atoms with E-state index in [9.17, 15) is 13.5 Å². The van der Waals surface area contributed by atoms with E-state index in [1.54, 1.807) is 24.3 Å². The van der Waals surface area contributed by atoms with Crippen LogP contribution < -0.4 is 5.32 Å². The Hall–Kier alpha value is -3.37. The van der Waals surface area contributed by atoms with Crippen LogP contribution in [0.3, 0.4) is 0 Å². The smallest absolute Gasteiger partial charge is 0.185 e. The fraction of sp³-hybridized carbons (Fsp3) is 0.333. The number of rotatable bonds is 11. The number of hydrogen-bond donors (Lipinski definition) is 2. The molecule has 5 atom stereocenters. The van der Waals surface area contributed by atoms with Crippen LogP contribution in [-0.4, -0.2) is 63.1 Å². The maximum absolute atomic E-state index is 14.2. The molecule has 1 fully saturated rings. The second kappa shape index (κ2) is 13.7. The minimum Gasteiger partial charge on any atom is -0.389 e. The van der Waals surface area contributed by atoms with Gasteiger partial charge in [-0.2, -0.15) is 0 Å². The molecule has 0 spiro atoms. The summed E-state index contributed by atoms with van der Waals surface area (Å²) in [5, 5.41) is 13.9. The monoisotopic (exact) mass is 615 g/mol. The van der Waals surface area contributed by atoms with Crippen molar-refractivity contribution in [1.82, 2.24) is 5.32 Å². The van der Waals surface area contributed by atoms with Gasteiger partial charge in [0, 0.05) is 13.2 Å². The van der Waals surface area contributed by atoms with Crippen molar-refractivity contribution in [2.24, 2.45) is 0 Å². The molecule has 1 aliphatic heterocycles. The van der Waals surface area contributed by atoms with Crippen LogP contribution in [0.15, 0.2) is 120 Å². The van der Waals surface area contributed by atoms with E-state index in [1.165, 1.54) is 7.11 Å². The van der Waals surface area contributed by atoms with Gasteiger partial charge in [-0.05, 0) is 35.7 Å². The van der Waals surface area contributed by atoms with Crippen molar-refractivity contribution in [2.75, 3.05) is 13.7 Å². The molecule has 1 heterocycles. The fourth-order valence-electron chi connectivity index (χ4n) is 6.05. The number of nitrogens with one attached hydrogen (secondary N) is 1. The number of hydrogen-bond acceptors (Lipinski definition) is 7. The van der Waals surface area contributed by atoms with Crippen LogP contribution in [0.4, 0.5) is 0 Å². The molecule has 5 rings (SSSR count). The van der Waals surface area contributed by atoms with Crippen molar-refractivity contribution in [3.8, 4) is 0 Å². The van der Waals surface area contributed by atoms with Gasteiger partial charge in [0.2, 0.25) is 0 Å². The molecule has 4 aromatic carbocycles. The molecule has 232 valence electrons. The van der Waals surface area contributed by atoms with Gasteiger partial charge in [-0.1, -0.05) is 123 Å². The number of sulfone groups is 1. The van der Waals surface area contributed by atoms with Crippen LogP contribution in [-0.2, 0) is 29.6 Å². The van der Waals surface area contributed by atoms with Gasteiger partial charge in [-0.15, -0.1) is 0 Å². The summed E-state index contributed by atoms with van der Waals surface area (Å²) in [5.74, 6) is 0. The lowest BCUT2D eigenvalue weighted by Gasteiger charge is -2.46. The summed E-state index contributed by atoms with van der Waals surface area (Å²) in [4.78, 5) is 0.131. The quantitative estimate of drug-likeness (QED) is 0.223. The zero-order valence-corrected chi connectivity index (χ0v) is 26.4. The maximum Gasteiger partial charge on any atom is 0.185 e. The molecule has 7 nitrogen and oxygen atoms in total. The van der Waals surface area contributed by atoms with Crippen molar-refractivity contribution >= 4 is 9.84 Å². The van der Waals surface area contributed by atoms with Crippen LogP contribution in [0, 0.1) is 6.92 Å². The van der Waals surface area contributed by atoms with Crippen LogP contribution in [0.5, 0.6) is 0 Å². The first-order valence-electron chi connectivity index (χ1n) is 14.9. The molecule has 4 aromatic rings. The average Bonchev–Trinajstić information content (AvgIpc) is 3.03. The molecule has 0 saturated carbocycles. The van der Waals surface area contributed by atoms with Crippen molar-refractivity contribution in [3.05, 3.63) is 138 Å². The minimum atomic E-state index is -4.04. The third kappa shape index (κ3) is 6.38. The predicted molar refractivity (Wildman–Crippen MR) is 171 cm³/mol. The van der Waals surface area contributed by atoms with Gasteiger partial charge < -0.3 is 24.6 Å². The third-order valence-electron chi connectivity index (χ3n) is 8.14. The van der Waals surface area contributed by atoms with Gasteiger partial charge >= 0.3 is 0 Å². The highest BCUT2D eigenvalue weighted by Crippen LogP contribution is 2.41. The van der Waals surface area contributed by atoms with Crippen molar-refractivity contribution < 1.29 is 27.7 Å². The molecule has 0 amide bonds. The summed E-state index contributed by atoms with van der Waals surface area (Å²) in [5.41, 5.74) is 2.51. The number of aliphatic hydroxyl groups excluding tert-OH is 1. The van der Waals surface area contributed by atoms with Crippen LogP contribution in [0.1, 0.15) is 36.1 Å². The van der Waals surface area contributed by atoms with E-state index in [0.29, 0.717) is 0 Å². The molecule has 0 bridgehead atoms. The summed E-state index contributed by atoms with van der Waals surface area (Å²) < 4.78 is 47.4. The Kier molecular flexibility index (Phi) is 10.00. The van der Waals surface area contributed by atoms with Crippen LogP contribution >= 0.6 is 0 Å². The second-order valence-electron chi connectivity index (χ2n) is 11.5. The summed E-state index contributed by atoms with van der Waals surface area (Å²) >= 11 is 0. The van der Waals surface area contributed by atoms with Gasteiger partial charge in [0.05, 0.1) is 17.5 Å². The fourth-order valence-corrected chi connectivity index (χ4v) is 8.02. The largest absolute Gasteiger partial charge is 0.389 e. The van der Waals surface area contributed by atoms with Crippen LogP contribution in [0.25, 0.3) is 0 Å². The van der Waals surface area contributed by atoms with Gasteiger partial charge in [0.15, 0.2) is 16.1 Å². The summed E-state index contributed by atoms with van der Waals surface area (Å²) in [6.07, 6.45) is -3.41. The van der Waals surface area contributed by atoms with Gasteiger partial charge in [0.25, 0.3) is 0 Å². The van der Waals surface area contributed by atoms with E-state index in [1.807, 2.05) is 112 Å². The highest BCUT2D eigenvalue weighted by Gasteiger charge is 2.53. The third-order valence-corrected chi connectivity index (χ3v) is 10.4. The maximum atomic E-state index is 14.2. The number of benzene rings is 4. The number of aliphatic hydroxyl groups is 1. The number of ether oxygens (including phenoxy) is 3. The SMILES string of the molecule is CO[C@H]1O[C@H](COC(c2ccccc2)(c2ccccc2)c2ccccc2)[C@@H](O)[C@H](S(=O)(=O)c2ccc(C)cc2)[C@H]1NC(C)C. The van der Waals surface area contributed by atoms with Gasteiger partial charge in [-0.25, -0.2) is 8.42 Å². The Morgan fingerprint density at radius 3 is 1.73 bits per heavy atom. The summed E-state index contributed by atoms with van der Waals surface area (Å²) in [6.45, 7) is 5.61. The molecule has 1 saturated heterocycles. The first-order chi connectivity index (χ1) is 21.2. The van der Waals surface area contributed by atoms with E-state index < -0.39 is 45.2 Å². The van der Waals surface area contributed by atoms with Crippen molar-refractivity contribution in [2.45, 2.75) is 67.1 Å². The Morgan fingerprint density at radius 1 is 0.818 bits per heavy atom. The van der Waals surface area contributed by atoms with E-state index in [0.717, 1.165) is 22.3 Å². The minimum absolute atomic E-state index is 0.0983. The molecule has 1 aliphatic rings. The lowest BCUT2D eigenvalue weighted by Crippen LogP contribution is -2.67.